The lowest BCUT2D eigenvalue weighted by Gasteiger charge is -2.07. The average Bonchev–Trinajstić information content (AvgIpc) is 2.15. The van der Waals surface area contributed by atoms with E-state index in [9.17, 15) is 4.39 Å². The minimum atomic E-state index is -0.508. The molecule has 0 spiro atoms. The van der Waals surface area contributed by atoms with Gasteiger partial charge in [-0.3, -0.25) is 0 Å². The molecule has 1 rings (SSSR count). The summed E-state index contributed by atoms with van der Waals surface area (Å²) in [5, 5.41) is 0. The van der Waals surface area contributed by atoms with E-state index < -0.39 is 5.83 Å². The molecule has 0 saturated carbocycles. The maximum atomic E-state index is 12.8. The van der Waals surface area contributed by atoms with Crippen molar-refractivity contribution in [2.75, 3.05) is 13.9 Å². The van der Waals surface area contributed by atoms with Crippen molar-refractivity contribution < 1.29 is 13.9 Å². The van der Waals surface area contributed by atoms with Gasteiger partial charge in [0.2, 0.25) is 0 Å². The molecule has 0 radical (unpaired) electrons. The summed E-state index contributed by atoms with van der Waals surface area (Å²) < 4.78 is 22.6. The van der Waals surface area contributed by atoms with Crippen LogP contribution in [0.15, 0.2) is 30.8 Å². The summed E-state index contributed by atoms with van der Waals surface area (Å²) in [4.78, 5) is 0. The molecule has 70 valence electrons. The molecule has 0 N–H and O–H groups in total. The Hall–Kier alpha value is -1.35. The van der Waals surface area contributed by atoms with E-state index in [-0.39, 0.29) is 6.79 Å². The van der Waals surface area contributed by atoms with Crippen LogP contribution in [0.3, 0.4) is 0 Å². The lowest BCUT2D eigenvalue weighted by atomic mass is 10.2. The van der Waals surface area contributed by atoms with Gasteiger partial charge in [-0.15, -0.1) is 0 Å². The van der Waals surface area contributed by atoms with Crippen LogP contribution < -0.4 is 4.74 Å². The molecule has 1 aromatic rings. The van der Waals surface area contributed by atoms with Crippen molar-refractivity contribution in [1.82, 2.24) is 0 Å². The monoisotopic (exact) mass is 182 g/mol. The lowest BCUT2D eigenvalue weighted by molar-refractivity contribution is 0.0508. The Morgan fingerprint density at radius 1 is 1.46 bits per heavy atom. The van der Waals surface area contributed by atoms with E-state index in [2.05, 4.69) is 6.58 Å². The van der Waals surface area contributed by atoms with E-state index >= 15 is 0 Å². The lowest BCUT2D eigenvalue weighted by Crippen LogP contribution is -2.00. The van der Waals surface area contributed by atoms with Crippen LogP contribution in [0.1, 0.15) is 5.56 Å². The predicted octanol–water partition coefficient (Wildman–Crippen LogP) is 2.61. The normalized spacial score (nSPS) is 9.69. The highest BCUT2D eigenvalue weighted by atomic mass is 19.1. The zero-order valence-electron chi connectivity index (χ0n) is 7.42. The van der Waals surface area contributed by atoms with Gasteiger partial charge in [-0.2, -0.15) is 0 Å². The van der Waals surface area contributed by atoms with Crippen molar-refractivity contribution in [2.24, 2.45) is 0 Å². The largest absolute Gasteiger partial charge is 0.467 e. The zero-order valence-corrected chi connectivity index (χ0v) is 7.42. The van der Waals surface area contributed by atoms with Crippen molar-refractivity contribution in [2.45, 2.75) is 0 Å². The highest BCUT2D eigenvalue weighted by Gasteiger charge is 2.04. The third kappa shape index (κ3) is 2.56. The van der Waals surface area contributed by atoms with E-state index in [4.69, 9.17) is 9.47 Å². The fourth-order valence-corrected chi connectivity index (χ4v) is 0.939. The molecule has 0 unspecified atom stereocenters. The van der Waals surface area contributed by atoms with Crippen LogP contribution in [0.4, 0.5) is 4.39 Å². The van der Waals surface area contributed by atoms with Crippen LogP contribution in [0, 0.1) is 0 Å². The van der Waals surface area contributed by atoms with Gasteiger partial charge in [0.15, 0.2) is 6.79 Å². The molecule has 0 atom stereocenters. The Morgan fingerprint density at radius 3 is 2.77 bits per heavy atom. The minimum Gasteiger partial charge on any atom is -0.467 e. The smallest absolute Gasteiger partial charge is 0.188 e. The first-order valence-corrected chi connectivity index (χ1v) is 3.81. The van der Waals surface area contributed by atoms with Gasteiger partial charge >= 0.3 is 0 Å². The number of rotatable bonds is 4. The van der Waals surface area contributed by atoms with Gasteiger partial charge in [-0.05, 0) is 12.1 Å². The topological polar surface area (TPSA) is 18.5 Å². The number of hydrogen-bond acceptors (Lipinski definition) is 2. The molecule has 0 aliphatic carbocycles. The van der Waals surface area contributed by atoms with Crippen molar-refractivity contribution in [1.29, 1.82) is 0 Å². The Kier molecular flexibility index (Phi) is 3.46. The summed E-state index contributed by atoms with van der Waals surface area (Å²) in [5.41, 5.74) is 0.361. The van der Waals surface area contributed by atoms with Crippen molar-refractivity contribution in [3.63, 3.8) is 0 Å². The first-order chi connectivity index (χ1) is 6.25. The Morgan fingerprint density at radius 2 is 2.15 bits per heavy atom. The zero-order chi connectivity index (χ0) is 9.68. The second-order valence-electron chi connectivity index (χ2n) is 2.45. The van der Waals surface area contributed by atoms with E-state index in [1.807, 2.05) is 0 Å². The summed E-state index contributed by atoms with van der Waals surface area (Å²) in [6, 6.07) is 6.75. The molecule has 0 heterocycles. The van der Waals surface area contributed by atoms with Crippen molar-refractivity contribution in [3.8, 4) is 5.75 Å². The van der Waals surface area contributed by atoms with Crippen molar-refractivity contribution >= 4 is 5.83 Å². The number of benzene rings is 1. The molecule has 3 heteroatoms. The number of ether oxygens (including phenoxy) is 2. The van der Waals surface area contributed by atoms with Crippen LogP contribution in [-0.4, -0.2) is 13.9 Å². The van der Waals surface area contributed by atoms with Crippen LogP contribution in [-0.2, 0) is 4.74 Å². The molecular weight excluding hydrogens is 171 g/mol. The third-order valence-electron chi connectivity index (χ3n) is 1.51. The van der Waals surface area contributed by atoms with E-state index in [0.717, 1.165) is 0 Å². The van der Waals surface area contributed by atoms with Gasteiger partial charge in [0.1, 0.15) is 11.6 Å². The van der Waals surface area contributed by atoms with E-state index in [1.54, 1.807) is 24.3 Å². The summed E-state index contributed by atoms with van der Waals surface area (Å²) >= 11 is 0. The van der Waals surface area contributed by atoms with E-state index in [1.165, 1.54) is 7.11 Å². The number of methoxy groups -OCH3 is 1. The fraction of sp³-hybridized carbons (Fsp3) is 0.200. The second kappa shape index (κ2) is 4.62. The molecule has 0 aliphatic heterocycles. The Labute approximate surface area is 76.6 Å². The summed E-state index contributed by atoms with van der Waals surface area (Å²) in [6.45, 7) is 3.31. The predicted molar refractivity (Wildman–Crippen MR) is 49.1 cm³/mol. The van der Waals surface area contributed by atoms with Crippen LogP contribution in [0.5, 0.6) is 5.75 Å². The first-order valence-electron chi connectivity index (χ1n) is 3.81. The van der Waals surface area contributed by atoms with Crippen LogP contribution >= 0.6 is 0 Å². The van der Waals surface area contributed by atoms with Crippen LogP contribution in [0.25, 0.3) is 5.83 Å². The van der Waals surface area contributed by atoms with Crippen LogP contribution in [0.2, 0.25) is 0 Å². The highest BCUT2D eigenvalue weighted by molar-refractivity contribution is 5.62. The fourth-order valence-electron chi connectivity index (χ4n) is 0.939. The van der Waals surface area contributed by atoms with Gasteiger partial charge in [-0.25, -0.2) is 4.39 Å². The molecule has 13 heavy (non-hydrogen) atoms. The molecule has 0 saturated heterocycles. The van der Waals surface area contributed by atoms with Crippen molar-refractivity contribution in [3.05, 3.63) is 36.4 Å². The molecule has 0 fully saturated rings. The summed E-state index contributed by atoms with van der Waals surface area (Å²) in [5.74, 6) is -0.0662. The molecule has 2 nitrogen and oxygen atoms in total. The van der Waals surface area contributed by atoms with Gasteiger partial charge < -0.3 is 9.47 Å². The second-order valence-corrected chi connectivity index (χ2v) is 2.45. The summed E-state index contributed by atoms with van der Waals surface area (Å²) in [6.07, 6.45) is 0. The standard InChI is InChI=1S/C10H11FO2/c1-8(11)9-5-3-4-6-10(9)13-7-12-2/h3-6H,1,7H2,2H3. The molecular formula is C10H11FO2. The molecule has 0 aliphatic rings. The molecule has 0 amide bonds. The number of halogens is 1. The average molecular weight is 182 g/mol. The van der Waals surface area contributed by atoms with E-state index in [0.29, 0.717) is 11.3 Å². The minimum absolute atomic E-state index is 0.101. The van der Waals surface area contributed by atoms with Gasteiger partial charge in [0.25, 0.3) is 0 Å². The highest BCUT2D eigenvalue weighted by Crippen LogP contribution is 2.25. The SMILES string of the molecule is C=C(F)c1ccccc1OCOC. The van der Waals surface area contributed by atoms with Gasteiger partial charge in [-0.1, -0.05) is 18.7 Å². The number of para-hydroxylation sites is 1. The Balaban J connectivity index is 2.84. The summed E-state index contributed by atoms with van der Waals surface area (Å²) in [7, 11) is 1.51. The quantitative estimate of drug-likeness (QED) is 0.666. The maximum absolute atomic E-state index is 12.8. The molecule has 0 aromatic heterocycles. The first kappa shape index (κ1) is 9.74. The molecule has 1 aromatic carbocycles. The van der Waals surface area contributed by atoms with Gasteiger partial charge in [0, 0.05) is 7.11 Å². The maximum Gasteiger partial charge on any atom is 0.188 e. The number of hydrogen-bond donors (Lipinski definition) is 0. The van der Waals surface area contributed by atoms with Gasteiger partial charge in [0.05, 0.1) is 5.56 Å². The molecule has 0 bridgehead atoms. The Bertz CT molecular complexity index is 297. The third-order valence-corrected chi connectivity index (χ3v) is 1.51.